The molecule has 0 fully saturated rings. The Morgan fingerprint density at radius 3 is 1.81 bits per heavy atom. The predicted octanol–water partition coefficient (Wildman–Crippen LogP) is 3.92. The van der Waals surface area contributed by atoms with Crippen molar-refractivity contribution in [3.8, 4) is 0 Å². The molecule has 1 aliphatic heterocycles. The van der Waals surface area contributed by atoms with Gasteiger partial charge in [0.15, 0.2) is 5.72 Å². The van der Waals surface area contributed by atoms with E-state index in [1.54, 1.807) is 13.1 Å². The number of carbonyl (C=O) groups is 1. The van der Waals surface area contributed by atoms with Crippen LogP contribution in [0.4, 0.5) is 0 Å². The lowest BCUT2D eigenvalue weighted by Crippen LogP contribution is -2.56. The summed E-state index contributed by atoms with van der Waals surface area (Å²) in [5, 5.41) is 12.1. The molecule has 0 aliphatic carbocycles. The Labute approximate surface area is 153 Å². The highest BCUT2D eigenvalue weighted by molar-refractivity contribution is 6.00. The minimum atomic E-state index is -1.50. The Balaban J connectivity index is 2.06. The number of nitrogens with zero attached hydrogens (tertiary/aromatic N) is 1. The quantitative estimate of drug-likeness (QED) is 0.783. The van der Waals surface area contributed by atoms with Crippen LogP contribution in [0.2, 0.25) is 0 Å². The van der Waals surface area contributed by atoms with Crippen molar-refractivity contribution in [3.63, 3.8) is 0 Å². The monoisotopic (exact) mass is 343 g/mol. The van der Waals surface area contributed by atoms with Gasteiger partial charge in [-0.2, -0.15) is 0 Å². The summed E-state index contributed by atoms with van der Waals surface area (Å²) >= 11 is 0. The molecule has 3 aromatic rings. The smallest absolute Gasteiger partial charge is 0.256 e. The molecule has 1 aliphatic rings. The standard InChI is InChI=1S/C23H21NO2/c1-22(17-11-5-3-6-12-17,18-13-7-4-8-14-18)23(26)20-16-10-9-15-19(20)21(25)24(23)2/h3-16,26H,1-2H3/t23-/m0/s1. The lowest BCUT2D eigenvalue weighted by atomic mass is 9.66. The molecule has 3 heteroatoms. The van der Waals surface area contributed by atoms with Gasteiger partial charge >= 0.3 is 0 Å². The van der Waals surface area contributed by atoms with Crippen LogP contribution in [0.15, 0.2) is 84.9 Å². The summed E-state index contributed by atoms with van der Waals surface area (Å²) in [4.78, 5) is 14.4. The zero-order valence-corrected chi connectivity index (χ0v) is 14.9. The molecule has 0 radical (unpaired) electrons. The molecule has 1 N–H and O–H groups in total. The van der Waals surface area contributed by atoms with E-state index in [1.165, 1.54) is 4.90 Å². The number of fused-ring (bicyclic) bond motifs is 1. The minimum absolute atomic E-state index is 0.166. The van der Waals surface area contributed by atoms with E-state index in [0.717, 1.165) is 11.1 Å². The molecule has 3 aromatic carbocycles. The molecule has 4 rings (SSSR count). The summed E-state index contributed by atoms with van der Waals surface area (Å²) in [5.74, 6) is -0.166. The van der Waals surface area contributed by atoms with Crippen LogP contribution in [0.3, 0.4) is 0 Å². The maximum Gasteiger partial charge on any atom is 0.256 e. The zero-order valence-electron chi connectivity index (χ0n) is 14.9. The van der Waals surface area contributed by atoms with Crippen LogP contribution in [0.25, 0.3) is 0 Å². The van der Waals surface area contributed by atoms with E-state index in [0.29, 0.717) is 11.1 Å². The summed E-state index contributed by atoms with van der Waals surface area (Å²) in [6, 6.07) is 27.1. The van der Waals surface area contributed by atoms with Crippen LogP contribution in [-0.4, -0.2) is 23.0 Å². The topological polar surface area (TPSA) is 40.5 Å². The SMILES string of the molecule is CN1C(=O)c2ccccc2[C@]1(O)C(C)(c1ccccc1)c1ccccc1. The molecular weight excluding hydrogens is 322 g/mol. The number of carbonyl (C=O) groups excluding carboxylic acids is 1. The van der Waals surface area contributed by atoms with Crippen molar-refractivity contribution in [3.05, 3.63) is 107 Å². The van der Waals surface area contributed by atoms with E-state index in [4.69, 9.17) is 0 Å². The fourth-order valence-corrected chi connectivity index (χ4v) is 4.20. The number of rotatable bonds is 3. The van der Waals surface area contributed by atoms with Crippen molar-refractivity contribution in [1.29, 1.82) is 0 Å². The van der Waals surface area contributed by atoms with Gasteiger partial charge in [-0.3, -0.25) is 4.79 Å². The van der Waals surface area contributed by atoms with E-state index in [9.17, 15) is 9.90 Å². The molecule has 1 atom stereocenters. The molecule has 1 amide bonds. The summed E-state index contributed by atoms with van der Waals surface area (Å²) in [7, 11) is 1.67. The largest absolute Gasteiger partial charge is 0.366 e. The van der Waals surface area contributed by atoms with Crippen LogP contribution < -0.4 is 0 Å². The Hall–Kier alpha value is -2.91. The second-order valence-corrected chi connectivity index (χ2v) is 6.94. The third kappa shape index (κ3) is 2.01. The first-order chi connectivity index (χ1) is 12.5. The lowest BCUT2D eigenvalue weighted by molar-refractivity contribution is -0.117. The molecule has 0 aromatic heterocycles. The average molecular weight is 343 g/mol. The minimum Gasteiger partial charge on any atom is -0.366 e. The summed E-state index contributed by atoms with van der Waals surface area (Å²) in [6.45, 7) is 2.00. The van der Waals surface area contributed by atoms with Crippen LogP contribution in [0, 0.1) is 0 Å². The number of hydrogen-bond donors (Lipinski definition) is 1. The predicted molar refractivity (Wildman–Crippen MR) is 102 cm³/mol. The van der Waals surface area contributed by atoms with E-state index < -0.39 is 11.1 Å². The summed E-state index contributed by atoms with van der Waals surface area (Å²) in [6.07, 6.45) is 0. The Morgan fingerprint density at radius 2 is 1.27 bits per heavy atom. The molecule has 26 heavy (non-hydrogen) atoms. The molecule has 130 valence electrons. The number of benzene rings is 3. The third-order valence-corrected chi connectivity index (χ3v) is 5.72. The van der Waals surface area contributed by atoms with Gasteiger partial charge in [0.05, 0.1) is 5.41 Å². The molecule has 0 saturated carbocycles. The first-order valence-electron chi connectivity index (χ1n) is 8.72. The van der Waals surface area contributed by atoms with Crippen molar-refractivity contribution in [2.24, 2.45) is 0 Å². The molecule has 0 bridgehead atoms. The van der Waals surface area contributed by atoms with Gasteiger partial charge in [-0.15, -0.1) is 0 Å². The van der Waals surface area contributed by atoms with Gasteiger partial charge in [0.1, 0.15) is 0 Å². The van der Waals surface area contributed by atoms with Gasteiger partial charge < -0.3 is 10.0 Å². The maximum absolute atomic E-state index is 12.9. The fraction of sp³-hybridized carbons (Fsp3) is 0.174. The highest BCUT2D eigenvalue weighted by atomic mass is 16.3. The molecule has 1 heterocycles. The van der Waals surface area contributed by atoms with Gasteiger partial charge in [-0.1, -0.05) is 78.9 Å². The Bertz CT molecular complexity index is 913. The van der Waals surface area contributed by atoms with Crippen molar-refractivity contribution in [2.75, 3.05) is 7.05 Å². The molecule has 0 saturated heterocycles. The van der Waals surface area contributed by atoms with Gasteiger partial charge in [0.2, 0.25) is 0 Å². The summed E-state index contributed by atoms with van der Waals surface area (Å²) < 4.78 is 0. The molecule has 0 spiro atoms. The average Bonchev–Trinajstić information content (AvgIpc) is 2.91. The second kappa shape index (κ2) is 5.82. The van der Waals surface area contributed by atoms with Crippen LogP contribution >= 0.6 is 0 Å². The molecule has 3 nitrogen and oxygen atoms in total. The number of hydrogen-bond acceptors (Lipinski definition) is 2. The first kappa shape index (κ1) is 16.6. The first-order valence-corrected chi connectivity index (χ1v) is 8.72. The van der Waals surface area contributed by atoms with Gasteiger partial charge in [-0.05, 0) is 24.1 Å². The molecule has 0 unspecified atom stereocenters. The van der Waals surface area contributed by atoms with Crippen molar-refractivity contribution >= 4 is 5.91 Å². The van der Waals surface area contributed by atoms with Crippen LogP contribution in [0.5, 0.6) is 0 Å². The maximum atomic E-state index is 12.9. The van der Waals surface area contributed by atoms with E-state index >= 15 is 0 Å². The second-order valence-electron chi connectivity index (χ2n) is 6.94. The summed E-state index contributed by atoms with van der Waals surface area (Å²) in [5.41, 5.74) is 0.754. The highest BCUT2D eigenvalue weighted by Crippen LogP contribution is 2.52. The number of aliphatic hydroxyl groups is 1. The van der Waals surface area contributed by atoms with Crippen LogP contribution in [-0.2, 0) is 11.1 Å². The number of amides is 1. The van der Waals surface area contributed by atoms with Gasteiger partial charge in [-0.25, -0.2) is 0 Å². The normalized spacial score (nSPS) is 19.5. The van der Waals surface area contributed by atoms with Crippen molar-refractivity contribution < 1.29 is 9.90 Å². The third-order valence-electron chi connectivity index (χ3n) is 5.72. The molecular formula is C23H21NO2. The number of likely N-dealkylation sites (N-methyl/N-ethyl adjacent to an activating group) is 1. The van der Waals surface area contributed by atoms with Crippen LogP contribution in [0.1, 0.15) is 34.0 Å². The van der Waals surface area contributed by atoms with Gasteiger partial charge in [0.25, 0.3) is 5.91 Å². The Kier molecular flexibility index (Phi) is 3.70. The van der Waals surface area contributed by atoms with E-state index in [-0.39, 0.29) is 5.91 Å². The highest BCUT2D eigenvalue weighted by Gasteiger charge is 2.59. The lowest BCUT2D eigenvalue weighted by Gasteiger charge is -2.47. The van der Waals surface area contributed by atoms with E-state index in [1.807, 2.05) is 85.8 Å². The van der Waals surface area contributed by atoms with E-state index in [2.05, 4.69) is 0 Å². The van der Waals surface area contributed by atoms with Crippen molar-refractivity contribution in [1.82, 2.24) is 4.90 Å². The zero-order chi connectivity index (χ0) is 18.4. The Morgan fingerprint density at radius 1 is 0.808 bits per heavy atom. The fourth-order valence-electron chi connectivity index (χ4n) is 4.20. The van der Waals surface area contributed by atoms with Crippen molar-refractivity contribution in [2.45, 2.75) is 18.1 Å². The van der Waals surface area contributed by atoms with Gasteiger partial charge in [0, 0.05) is 18.2 Å².